The van der Waals surface area contributed by atoms with Crippen molar-refractivity contribution in [2.75, 3.05) is 13.6 Å². The van der Waals surface area contributed by atoms with Crippen LogP contribution in [-0.4, -0.2) is 34.7 Å². The molecule has 0 aromatic carbocycles. The molecule has 0 saturated carbocycles. The molecule has 0 radical (unpaired) electrons. The van der Waals surface area contributed by atoms with E-state index in [1.807, 2.05) is 25.1 Å². The van der Waals surface area contributed by atoms with Gasteiger partial charge in [0.05, 0.1) is 11.8 Å². The summed E-state index contributed by atoms with van der Waals surface area (Å²) in [6.07, 6.45) is 0.539. The first-order valence-corrected chi connectivity index (χ1v) is 6.58. The maximum absolute atomic E-state index is 10.0. The monoisotopic (exact) mass is 250 g/mol. The Kier molecular flexibility index (Phi) is 5.29. The summed E-state index contributed by atoms with van der Waals surface area (Å²) in [6, 6.07) is 6.09. The van der Waals surface area contributed by atoms with E-state index in [0.717, 1.165) is 30.9 Å². The molecule has 0 aliphatic rings. The first kappa shape index (κ1) is 15.1. The summed E-state index contributed by atoms with van der Waals surface area (Å²) in [4.78, 5) is 6.69. The molecule has 18 heavy (non-hydrogen) atoms. The predicted molar refractivity (Wildman–Crippen MR) is 75.4 cm³/mol. The van der Waals surface area contributed by atoms with Crippen molar-refractivity contribution in [1.29, 1.82) is 0 Å². The fourth-order valence-corrected chi connectivity index (χ4v) is 1.82. The zero-order valence-corrected chi connectivity index (χ0v) is 12.3. The van der Waals surface area contributed by atoms with Gasteiger partial charge in [-0.3, -0.25) is 4.98 Å². The molecule has 1 unspecified atom stereocenters. The Morgan fingerprint density at radius 2 is 2.00 bits per heavy atom. The number of aliphatic hydroxyl groups excluding tert-OH is 1. The largest absolute Gasteiger partial charge is 0.393 e. The topological polar surface area (TPSA) is 36.4 Å². The zero-order valence-electron chi connectivity index (χ0n) is 12.3. The van der Waals surface area contributed by atoms with Gasteiger partial charge in [-0.2, -0.15) is 0 Å². The molecule has 0 spiro atoms. The summed E-state index contributed by atoms with van der Waals surface area (Å²) < 4.78 is 0. The molecule has 1 aromatic rings. The Labute approximate surface area is 111 Å². The Bertz CT molecular complexity index is 371. The van der Waals surface area contributed by atoms with Crippen molar-refractivity contribution >= 4 is 0 Å². The average Bonchev–Trinajstić information content (AvgIpc) is 2.24. The van der Waals surface area contributed by atoms with Gasteiger partial charge >= 0.3 is 0 Å². The van der Waals surface area contributed by atoms with Gasteiger partial charge in [0, 0.05) is 18.8 Å². The molecule has 1 aromatic heterocycles. The lowest BCUT2D eigenvalue weighted by Gasteiger charge is -2.27. The molecule has 1 heterocycles. The van der Waals surface area contributed by atoms with Gasteiger partial charge in [-0.25, -0.2) is 0 Å². The lowest BCUT2D eigenvalue weighted by Crippen LogP contribution is -2.31. The summed E-state index contributed by atoms with van der Waals surface area (Å²) in [5, 5.41) is 10.0. The van der Waals surface area contributed by atoms with Crippen LogP contribution in [0.4, 0.5) is 0 Å². The number of hydrogen-bond acceptors (Lipinski definition) is 3. The van der Waals surface area contributed by atoms with E-state index in [2.05, 4.69) is 37.7 Å². The first-order valence-electron chi connectivity index (χ1n) is 6.58. The third-order valence-corrected chi connectivity index (χ3v) is 3.16. The Morgan fingerprint density at radius 1 is 1.33 bits per heavy atom. The number of pyridine rings is 1. The molecule has 0 aliphatic heterocycles. The highest BCUT2D eigenvalue weighted by Crippen LogP contribution is 2.21. The van der Waals surface area contributed by atoms with Crippen LogP contribution in [0.3, 0.4) is 0 Å². The molecule has 3 heteroatoms. The second-order valence-corrected chi connectivity index (χ2v) is 6.18. The molecule has 0 aliphatic carbocycles. The van der Waals surface area contributed by atoms with Crippen LogP contribution >= 0.6 is 0 Å². The highest BCUT2D eigenvalue weighted by atomic mass is 16.3. The fraction of sp³-hybridized carbons (Fsp3) is 0.667. The minimum Gasteiger partial charge on any atom is -0.393 e. The van der Waals surface area contributed by atoms with Crippen LogP contribution < -0.4 is 0 Å². The SMILES string of the molecule is Cc1cccc(CN(C)CCC(O)C(C)(C)C)n1. The molecule has 1 rings (SSSR count). The summed E-state index contributed by atoms with van der Waals surface area (Å²) in [5.74, 6) is 0. The number of rotatable bonds is 5. The van der Waals surface area contributed by atoms with Crippen molar-refractivity contribution in [3.05, 3.63) is 29.6 Å². The number of aromatic nitrogens is 1. The molecule has 0 saturated heterocycles. The van der Waals surface area contributed by atoms with Crippen molar-refractivity contribution in [2.24, 2.45) is 5.41 Å². The van der Waals surface area contributed by atoms with Crippen LogP contribution in [0, 0.1) is 12.3 Å². The van der Waals surface area contributed by atoms with Crippen LogP contribution in [0.25, 0.3) is 0 Å². The third-order valence-electron chi connectivity index (χ3n) is 3.16. The van der Waals surface area contributed by atoms with Crippen LogP contribution in [0.15, 0.2) is 18.2 Å². The molecule has 102 valence electrons. The Hall–Kier alpha value is -0.930. The van der Waals surface area contributed by atoms with E-state index in [0.29, 0.717) is 0 Å². The number of aryl methyl sites for hydroxylation is 1. The first-order chi connectivity index (χ1) is 8.29. The molecule has 3 nitrogen and oxygen atoms in total. The van der Waals surface area contributed by atoms with Crippen LogP contribution in [0.1, 0.15) is 38.6 Å². The fourth-order valence-electron chi connectivity index (χ4n) is 1.82. The van der Waals surface area contributed by atoms with Crippen molar-refractivity contribution in [3.63, 3.8) is 0 Å². The van der Waals surface area contributed by atoms with Gasteiger partial charge in [0.15, 0.2) is 0 Å². The minimum atomic E-state index is -0.259. The zero-order chi connectivity index (χ0) is 13.8. The van der Waals surface area contributed by atoms with Crippen LogP contribution in [0.5, 0.6) is 0 Å². The second kappa shape index (κ2) is 6.30. The molecule has 1 atom stereocenters. The summed E-state index contributed by atoms with van der Waals surface area (Å²) in [6.45, 7) is 9.93. The molecule has 0 amide bonds. The van der Waals surface area contributed by atoms with Crippen molar-refractivity contribution in [1.82, 2.24) is 9.88 Å². The molecular formula is C15H26N2O. The normalized spacial score (nSPS) is 13.9. The van der Waals surface area contributed by atoms with E-state index in [-0.39, 0.29) is 11.5 Å². The van der Waals surface area contributed by atoms with Crippen molar-refractivity contribution in [2.45, 2.75) is 46.8 Å². The van der Waals surface area contributed by atoms with Gasteiger partial charge in [0.1, 0.15) is 0 Å². The molecule has 0 bridgehead atoms. The lowest BCUT2D eigenvalue weighted by molar-refractivity contribution is 0.0472. The standard InChI is InChI=1S/C15H26N2O/c1-12-7-6-8-13(16-12)11-17(5)10-9-14(18)15(2,3)4/h6-8,14,18H,9-11H2,1-5H3. The molecule has 1 N–H and O–H groups in total. The highest BCUT2D eigenvalue weighted by molar-refractivity contribution is 5.09. The van der Waals surface area contributed by atoms with Crippen LogP contribution in [-0.2, 0) is 6.54 Å². The third kappa shape index (κ3) is 5.15. The number of hydrogen-bond donors (Lipinski definition) is 1. The maximum Gasteiger partial charge on any atom is 0.0600 e. The predicted octanol–water partition coefficient (Wildman–Crippen LogP) is 2.62. The van der Waals surface area contributed by atoms with E-state index >= 15 is 0 Å². The van der Waals surface area contributed by atoms with Gasteiger partial charge < -0.3 is 10.0 Å². The van der Waals surface area contributed by atoms with E-state index in [1.165, 1.54) is 0 Å². The van der Waals surface area contributed by atoms with Crippen molar-refractivity contribution in [3.8, 4) is 0 Å². The summed E-state index contributed by atoms with van der Waals surface area (Å²) >= 11 is 0. The van der Waals surface area contributed by atoms with Gasteiger partial charge in [0.2, 0.25) is 0 Å². The van der Waals surface area contributed by atoms with E-state index in [9.17, 15) is 5.11 Å². The quantitative estimate of drug-likeness (QED) is 0.872. The van der Waals surface area contributed by atoms with E-state index in [1.54, 1.807) is 0 Å². The Morgan fingerprint density at radius 3 is 2.56 bits per heavy atom. The minimum absolute atomic E-state index is 0.0393. The number of aliphatic hydroxyl groups is 1. The second-order valence-electron chi connectivity index (χ2n) is 6.18. The van der Waals surface area contributed by atoms with Gasteiger partial charge in [-0.05, 0) is 37.9 Å². The maximum atomic E-state index is 10.0. The van der Waals surface area contributed by atoms with Gasteiger partial charge in [-0.1, -0.05) is 26.8 Å². The van der Waals surface area contributed by atoms with Crippen molar-refractivity contribution < 1.29 is 5.11 Å². The highest BCUT2D eigenvalue weighted by Gasteiger charge is 2.21. The smallest absolute Gasteiger partial charge is 0.0600 e. The number of nitrogens with zero attached hydrogens (tertiary/aromatic N) is 2. The molecule has 0 fully saturated rings. The molecular weight excluding hydrogens is 224 g/mol. The van der Waals surface area contributed by atoms with Gasteiger partial charge in [-0.15, -0.1) is 0 Å². The van der Waals surface area contributed by atoms with E-state index in [4.69, 9.17) is 0 Å². The summed E-state index contributed by atoms with van der Waals surface area (Å²) in [5.41, 5.74) is 2.10. The average molecular weight is 250 g/mol. The Balaban J connectivity index is 2.41. The lowest BCUT2D eigenvalue weighted by atomic mass is 9.87. The summed E-state index contributed by atoms with van der Waals surface area (Å²) in [7, 11) is 2.07. The van der Waals surface area contributed by atoms with E-state index < -0.39 is 0 Å². The van der Waals surface area contributed by atoms with Crippen LogP contribution in [0.2, 0.25) is 0 Å². The van der Waals surface area contributed by atoms with Gasteiger partial charge in [0.25, 0.3) is 0 Å².